The Hall–Kier alpha value is -3.27. The number of hydrogen-bond acceptors (Lipinski definition) is 8. The molecule has 1 aromatic carbocycles. The summed E-state index contributed by atoms with van der Waals surface area (Å²) in [5, 5.41) is 16.5. The van der Waals surface area contributed by atoms with Crippen molar-refractivity contribution in [1.29, 1.82) is 0 Å². The number of benzene rings is 1. The van der Waals surface area contributed by atoms with E-state index in [-0.39, 0.29) is 23.2 Å². The Bertz CT molecular complexity index is 702. The van der Waals surface area contributed by atoms with E-state index >= 15 is 0 Å². The van der Waals surface area contributed by atoms with Crippen molar-refractivity contribution < 1.29 is 9.72 Å². The van der Waals surface area contributed by atoms with Crippen molar-refractivity contribution in [3.05, 3.63) is 40.7 Å². The van der Waals surface area contributed by atoms with Crippen LogP contribution in [0.3, 0.4) is 0 Å². The molecule has 2 aromatic rings. The highest BCUT2D eigenvalue weighted by Crippen LogP contribution is 2.30. The number of nitrogen functional groups attached to an aromatic ring is 1. The summed E-state index contributed by atoms with van der Waals surface area (Å²) in [6, 6.07) is 6.59. The van der Waals surface area contributed by atoms with Crippen LogP contribution < -0.4 is 21.9 Å². The molecule has 0 radical (unpaired) electrons. The fourth-order valence-electron chi connectivity index (χ4n) is 1.73. The third-order valence-corrected chi connectivity index (χ3v) is 2.61. The lowest BCUT2D eigenvalue weighted by atomic mass is 10.2. The average Bonchev–Trinajstić information content (AvgIpc) is 2.48. The summed E-state index contributed by atoms with van der Waals surface area (Å²) in [6.07, 6.45) is 1.15. The van der Waals surface area contributed by atoms with Gasteiger partial charge < -0.3 is 16.1 Å². The van der Waals surface area contributed by atoms with Crippen LogP contribution in [0.2, 0.25) is 0 Å². The summed E-state index contributed by atoms with van der Waals surface area (Å²) in [5.74, 6) is 4.92. The van der Waals surface area contributed by atoms with Gasteiger partial charge in [-0.1, -0.05) is 0 Å². The quantitative estimate of drug-likeness (QED) is 0.367. The van der Waals surface area contributed by atoms with Gasteiger partial charge in [-0.15, -0.1) is 0 Å². The molecule has 0 bridgehead atoms. The van der Waals surface area contributed by atoms with Crippen molar-refractivity contribution in [1.82, 2.24) is 9.97 Å². The van der Waals surface area contributed by atoms with Gasteiger partial charge in [-0.2, -0.15) is 0 Å². The molecule has 5 N–H and O–H groups in total. The van der Waals surface area contributed by atoms with E-state index in [9.17, 15) is 14.9 Å². The van der Waals surface area contributed by atoms with E-state index < -0.39 is 4.92 Å². The van der Waals surface area contributed by atoms with Crippen LogP contribution in [0.5, 0.6) is 0 Å². The van der Waals surface area contributed by atoms with Gasteiger partial charge in [-0.3, -0.25) is 14.9 Å². The molecule has 22 heavy (non-hydrogen) atoms. The van der Waals surface area contributed by atoms with E-state index in [1.807, 2.05) is 0 Å². The first-order valence-corrected chi connectivity index (χ1v) is 6.12. The van der Waals surface area contributed by atoms with Gasteiger partial charge in [0.25, 0.3) is 0 Å². The molecule has 0 spiro atoms. The van der Waals surface area contributed by atoms with E-state index in [0.717, 1.165) is 6.33 Å². The monoisotopic (exact) mass is 303 g/mol. The lowest BCUT2D eigenvalue weighted by Crippen LogP contribution is -2.12. The molecule has 0 saturated heterocycles. The van der Waals surface area contributed by atoms with E-state index in [1.165, 1.54) is 6.92 Å². The van der Waals surface area contributed by atoms with Crippen molar-refractivity contribution in [2.24, 2.45) is 5.84 Å². The Morgan fingerprint density at radius 2 is 1.77 bits per heavy atom. The van der Waals surface area contributed by atoms with E-state index in [0.29, 0.717) is 11.4 Å². The molecule has 0 saturated carbocycles. The number of carbonyl (C=O) groups excluding carboxylic acids is 1. The van der Waals surface area contributed by atoms with Crippen molar-refractivity contribution in [3.63, 3.8) is 0 Å². The van der Waals surface area contributed by atoms with E-state index in [1.54, 1.807) is 24.3 Å². The number of hydrazine groups is 1. The third kappa shape index (κ3) is 3.43. The topological polar surface area (TPSA) is 148 Å². The minimum Gasteiger partial charge on any atom is -0.334 e. The maximum absolute atomic E-state index is 11.1. The van der Waals surface area contributed by atoms with Crippen molar-refractivity contribution in [3.8, 4) is 0 Å². The predicted octanol–water partition coefficient (Wildman–Crippen LogP) is 1.37. The third-order valence-electron chi connectivity index (χ3n) is 2.61. The van der Waals surface area contributed by atoms with Crippen LogP contribution in [-0.4, -0.2) is 20.8 Å². The summed E-state index contributed by atoms with van der Waals surface area (Å²) in [5.41, 5.74) is 2.95. The first-order valence-electron chi connectivity index (χ1n) is 6.12. The molecule has 0 unspecified atom stereocenters. The molecule has 2 rings (SSSR count). The number of hydrogen-bond donors (Lipinski definition) is 4. The second-order valence-corrected chi connectivity index (χ2v) is 4.20. The van der Waals surface area contributed by atoms with Crippen LogP contribution in [0.4, 0.5) is 28.7 Å². The minimum atomic E-state index is -0.636. The summed E-state index contributed by atoms with van der Waals surface area (Å²) < 4.78 is 0. The van der Waals surface area contributed by atoms with Crippen molar-refractivity contribution in [2.45, 2.75) is 6.92 Å². The number of amides is 1. The van der Waals surface area contributed by atoms with Gasteiger partial charge in [0.1, 0.15) is 6.33 Å². The Kier molecular flexibility index (Phi) is 4.44. The van der Waals surface area contributed by atoms with Gasteiger partial charge in [0, 0.05) is 18.3 Å². The first-order chi connectivity index (χ1) is 10.5. The Labute approximate surface area is 124 Å². The maximum atomic E-state index is 11.1. The van der Waals surface area contributed by atoms with Crippen LogP contribution in [0, 0.1) is 10.1 Å². The van der Waals surface area contributed by atoms with Crippen LogP contribution in [0.1, 0.15) is 6.92 Å². The molecular formula is C12H13N7O3. The van der Waals surface area contributed by atoms with Gasteiger partial charge >= 0.3 is 5.69 Å². The zero-order valence-electron chi connectivity index (χ0n) is 11.5. The molecule has 1 aromatic heterocycles. The summed E-state index contributed by atoms with van der Waals surface area (Å²) >= 11 is 0. The van der Waals surface area contributed by atoms with Gasteiger partial charge in [-0.25, -0.2) is 15.8 Å². The summed E-state index contributed by atoms with van der Waals surface area (Å²) in [4.78, 5) is 29.0. The number of nitrogens with one attached hydrogen (secondary N) is 3. The molecule has 0 aliphatic rings. The molecule has 0 aliphatic carbocycles. The molecule has 0 fully saturated rings. The fraction of sp³-hybridized carbons (Fsp3) is 0.0833. The van der Waals surface area contributed by atoms with Crippen molar-refractivity contribution in [2.75, 3.05) is 16.1 Å². The van der Waals surface area contributed by atoms with Crippen LogP contribution in [0.15, 0.2) is 30.6 Å². The molecule has 10 nitrogen and oxygen atoms in total. The maximum Gasteiger partial charge on any atom is 0.354 e. The number of rotatable bonds is 5. The number of anilines is 4. The lowest BCUT2D eigenvalue weighted by molar-refractivity contribution is -0.383. The number of nitrogens with two attached hydrogens (primary N) is 1. The van der Waals surface area contributed by atoms with E-state index in [4.69, 9.17) is 5.84 Å². The van der Waals surface area contributed by atoms with Gasteiger partial charge in [0.2, 0.25) is 17.5 Å². The predicted molar refractivity (Wildman–Crippen MR) is 80.5 cm³/mol. The lowest BCUT2D eigenvalue weighted by Gasteiger charge is -2.09. The highest BCUT2D eigenvalue weighted by molar-refractivity contribution is 5.89. The number of aromatic nitrogens is 2. The highest BCUT2D eigenvalue weighted by atomic mass is 16.6. The molecule has 0 aliphatic heterocycles. The SMILES string of the molecule is CC(=O)Nc1ccc(Nc2ncnc(NN)c2[N+](=O)[O-])cc1. The van der Waals surface area contributed by atoms with Gasteiger partial charge in [-0.05, 0) is 24.3 Å². The van der Waals surface area contributed by atoms with Crippen LogP contribution in [0.25, 0.3) is 0 Å². The Balaban J connectivity index is 2.27. The largest absolute Gasteiger partial charge is 0.354 e. The summed E-state index contributed by atoms with van der Waals surface area (Å²) in [7, 11) is 0. The van der Waals surface area contributed by atoms with Crippen LogP contribution in [-0.2, 0) is 4.79 Å². The Morgan fingerprint density at radius 1 is 1.18 bits per heavy atom. The number of carbonyl (C=O) groups is 1. The smallest absolute Gasteiger partial charge is 0.334 e. The first kappa shape index (κ1) is 15.1. The minimum absolute atomic E-state index is 0.000210. The average molecular weight is 303 g/mol. The van der Waals surface area contributed by atoms with Gasteiger partial charge in [0.15, 0.2) is 0 Å². The normalized spacial score (nSPS) is 9.91. The molecule has 0 atom stereocenters. The number of nitro groups is 1. The fourth-order valence-corrected chi connectivity index (χ4v) is 1.73. The molecule has 1 amide bonds. The molecule has 1 heterocycles. The molecule has 114 valence electrons. The highest BCUT2D eigenvalue weighted by Gasteiger charge is 2.22. The second-order valence-electron chi connectivity index (χ2n) is 4.20. The second kappa shape index (κ2) is 6.45. The molecular weight excluding hydrogens is 290 g/mol. The van der Waals surface area contributed by atoms with Gasteiger partial charge in [0.05, 0.1) is 4.92 Å². The zero-order valence-corrected chi connectivity index (χ0v) is 11.5. The summed E-state index contributed by atoms with van der Waals surface area (Å²) in [6.45, 7) is 1.40. The Morgan fingerprint density at radius 3 is 2.32 bits per heavy atom. The zero-order chi connectivity index (χ0) is 16.1. The molecule has 10 heteroatoms. The standard InChI is InChI=1S/C12H13N7O3/c1-7(20)16-8-2-4-9(5-3-8)17-11-10(19(21)22)12(18-13)15-6-14-11/h2-6H,13H2,1H3,(H,16,20)(H2,14,15,17,18). The van der Waals surface area contributed by atoms with Crippen molar-refractivity contribution >= 4 is 34.6 Å². The number of nitrogens with zero attached hydrogens (tertiary/aromatic N) is 3. The van der Waals surface area contributed by atoms with E-state index in [2.05, 4.69) is 26.0 Å². The van der Waals surface area contributed by atoms with Crippen LogP contribution >= 0.6 is 0 Å².